The van der Waals surface area contributed by atoms with E-state index in [-0.39, 0.29) is 0 Å². The second-order valence-corrected chi connectivity index (χ2v) is 12.2. The molecule has 0 aliphatic heterocycles. The molecule has 37 heavy (non-hydrogen) atoms. The van der Waals surface area contributed by atoms with Gasteiger partial charge in [0.15, 0.2) is 0 Å². The molecule has 0 aliphatic carbocycles. The first-order valence-corrected chi connectivity index (χ1v) is 17.3. The van der Waals surface area contributed by atoms with Gasteiger partial charge in [0.05, 0.1) is 12.0 Å². The summed E-state index contributed by atoms with van der Waals surface area (Å²) >= 11 is 0. The Morgan fingerprint density at radius 1 is 0.514 bits per heavy atom. The quantitative estimate of drug-likeness (QED) is 0.0842. The van der Waals surface area contributed by atoms with Crippen molar-refractivity contribution < 1.29 is 4.57 Å². The Morgan fingerprint density at radius 3 is 1.35 bits per heavy atom. The van der Waals surface area contributed by atoms with Gasteiger partial charge in [-0.15, -0.1) is 0 Å². The van der Waals surface area contributed by atoms with Gasteiger partial charge >= 0.3 is 0 Å². The maximum atomic E-state index is 3.66. The largest absolute Gasteiger partial charge is 0.257 e. The van der Waals surface area contributed by atoms with Crippen LogP contribution in [0.5, 0.6) is 0 Å². The maximum Gasteiger partial charge on any atom is 0.257 e. The molecule has 0 aromatic carbocycles. The zero-order chi connectivity index (χ0) is 26.8. The van der Waals surface area contributed by atoms with Gasteiger partial charge in [0.25, 0.3) is 5.82 Å². The van der Waals surface area contributed by atoms with Crippen LogP contribution in [0.15, 0.2) is 12.4 Å². The van der Waals surface area contributed by atoms with E-state index in [0.717, 1.165) is 0 Å². The van der Waals surface area contributed by atoms with Gasteiger partial charge in [-0.1, -0.05) is 162 Å². The molecule has 2 atom stereocenters. The zero-order valence-corrected chi connectivity index (χ0v) is 26.1. The van der Waals surface area contributed by atoms with E-state index < -0.39 is 0 Å². The van der Waals surface area contributed by atoms with Crippen molar-refractivity contribution in [2.75, 3.05) is 0 Å². The number of H-pyrrole nitrogens is 1. The normalized spacial score (nSPS) is 13.3. The first kappa shape index (κ1) is 34.2. The third-order valence-electron chi connectivity index (χ3n) is 8.62. The predicted molar refractivity (Wildman–Crippen MR) is 166 cm³/mol. The van der Waals surface area contributed by atoms with Crippen LogP contribution in [0.3, 0.4) is 0 Å². The molecule has 2 nitrogen and oxygen atoms in total. The van der Waals surface area contributed by atoms with E-state index in [1.165, 1.54) is 173 Å². The van der Waals surface area contributed by atoms with Crippen LogP contribution in [0.25, 0.3) is 0 Å². The van der Waals surface area contributed by atoms with Crippen molar-refractivity contribution in [3.63, 3.8) is 0 Å². The third kappa shape index (κ3) is 18.2. The average molecular weight is 518 g/mol. The maximum absolute atomic E-state index is 3.66. The molecule has 0 radical (unpaired) electrons. The van der Waals surface area contributed by atoms with Crippen LogP contribution in [0.2, 0.25) is 0 Å². The standard InChI is InChI=1S/C35H68N2/c1-5-8-10-12-14-16-17-18-19-21-22-24-26-29-33(4)37-32-31-36-35(37)34(28-7-3)30-27-25-23-20-15-13-11-9-6-2/h31-34H,5-30H2,1-4H3/p+1. The van der Waals surface area contributed by atoms with E-state index in [0.29, 0.717) is 12.0 Å². The SMILES string of the molecule is CCCCCCCCCCCCCCCC(C)[n+]1cc[nH]c1C(CCC)CCCCCCCCCCC. The predicted octanol–water partition coefficient (Wildman–Crippen LogP) is 12.1. The van der Waals surface area contributed by atoms with Crippen molar-refractivity contribution in [3.8, 4) is 0 Å². The highest BCUT2D eigenvalue weighted by Gasteiger charge is 2.24. The lowest BCUT2D eigenvalue weighted by molar-refractivity contribution is -0.727. The van der Waals surface area contributed by atoms with Crippen LogP contribution in [-0.2, 0) is 0 Å². The number of hydrogen-bond donors (Lipinski definition) is 1. The fourth-order valence-corrected chi connectivity index (χ4v) is 6.14. The van der Waals surface area contributed by atoms with E-state index in [2.05, 4.69) is 49.6 Å². The Kier molecular flexibility index (Phi) is 23.6. The summed E-state index contributed by atoms with van der Waals surface area (Å²) < 4.78 is 2.59. The van der Waals surface area contributed by atoms with Gasteiger partial charge in [0.2, 0.25) is 0 Å². The van der Waals surface area contributed by atoms with Crippen molar-refractivity contribution in [2.24, 2.45) is 0 Å². The molecule has 2 unspecified atom stereocenters. The Balaban J connectivity index is 2.18. The molecule has 2 heteroatoms. The number of hydrogen-bond acceptors (Lipinski definition) is 0. The monoisotopic (exact) mass is 518 g/mol. The number of unbranched alkanes of at least 4 members (excludes halogenated alkanes) is 20. The fraction of sp³-hybridized carbons (Fsp3) is 0.914. The highest BCUT2D eigenvalue weighted by atomic mass is 15.1. The Morgan fingerprint density at radius 2 is 0.919 bits per heavy atom. The molecule has 0 spiro atoms. The van der Waals surface area contributed by atoms with E-state index in [1.54, 1.807) is 0 Å². The van der Waals surface area contributed by atoms with Crippen LogP contribution >= 0.6 is 0 Å². The molecule has 1 rings (SSSR count). The topological polar surface area (TPSA) is 19.7 Å². The molecule has 0 aliphatic rings. The van der Waals surface area contributed by atoms with Crippen LogP contribution in [0.4, 0.5) is 0 Å². The molecule has 0 saturated carbocycles. The average Bonchev–Trinajstić information content (AvgIpc) is 3.39. The molecule has 1 aromatic rings. The molecule has 0 saturated heterocycles. The van der Waals surface area contributed by atoms with Crippen LogP contribution in [0, 0.1) is 0 Å². The van der Waals surface area contributed by atoms with Crippen molar-refractivity contribution >= 4 is 0 Å². The summed E-state index contributed by atoms with van der Waals surface area (Å²) in [4.78, 5) is 3.66. The van der Waals surface area contributed by atoms with Gasteiger partial charge in [-0.3, -0.25) is 0 Å². The first-order chi connectivity index (χ1) is 18.2. The number of aromatic nitrogens is 2. The smallest absolute Gasteiger partial charge is 0.247 e. The Bertz CT molecular complexity index is 578. The second-order valence-electron chi connectivity index (χ2n) is 12.2. The van der Waals surface area contributed by atoms with Crippen LogP contribution < -0.4 is 4.57 Å². The minimum absolute atomic E-state index is 0.622. The zero-order valence-electron chi connectivity index (χ0n) is 26.1. The summed E-state index contributed by atoms with van der Waals surface area (Å²) in [5.74, 6) is 2.21. The van der Waals surface area contributed by atoms with Gasteiger partial charge in [-0.25, -0.2) is 9.55 Å². The lowest BCUT2D eigenvalue weighted by atomic mass is 9.94. The molecule has 0 amide bonds. The first-order valence-electron chi connectivity index (χ1n) is 17.3. The lowest BCUT2D eigenvalue weighted by Gasteiger charge is -2.16. The molecule has 1 aromatic heterocycles. The summed E-state index contributed by atoms with van der Waals surface area (Å²) in [6.07, 6.45) is 41.3. The minimum Gasteiger partial charge on any atom is -0.247 e. The van der Waals surface area contributed by atoms with Crippen molar-refractivity contribution in [3.05, 3.63) is 18.2 Å². The Hall–Kier alpha value is -0.790. The highest BCUT2D eigenvalue weighted by Crippen LogP contribution is 2.26. The number of rotatable bonds is 28. The molecule has 0 bridgehead atoms. The van der Waals surface area contributed by atoms with Gasteiger partial charge in [0.1, 0.15) is 12.4 Å². The number of nitrogens with one attached hydrogen (secondary N) is 1. The minimum atomic E-state index is 0.622. The van der Waals surface area contributed by atoms with Gasteiger partial charge in [0, 0.05) is 0 Å². The summed E-state index contributed by atoms with van der Waals surface area (Å²) in [6.45, 7) is 9.41. The molecule has 1 heterocycles. The molecule has 0 fully saturated rings. The van der Waals surface area contributed by atoms with Crippen molar-refractivity contribution in [1.82, 2.24) is 4.98 Å². The summed E-state index contributed by atoms with van der Waals surface area (Å²) in [7, 11) is 0. The van der Waals surface area contributed by atoms with Crippen molar-refractivity contribution in [2.45, 2.75) is 207 Å². The lowest BCUT2D eigenvalue weighted by Crippen LogP contribution is -2.41. The second kappa shape index (κ2) is 25.5. The van der Waals surface area contributed by atoms with Gasteiger partial charge in [-0.05, 0) is 32.6 Å². The third-order valence-corrected chi connectivity index (χ3v) is 8.62. The van der Waals surface area contributed by atoms with Crippen LogP contribution in [0.1, 0.15) is 212 Å². The molecule has 1 N–H and O–H groups in total. The van der Waals surface area contributed by atoms with Crippen LogP contribution in [-0.4, -0.2) is 4.98 Å². The van der Waals surface area contributed by atoms with Crippen molar-refractivity contribution in [1.29, 1.82) is 0 Å². The summed E-state index contributed by atoms with van der Waals surface area (Å²) in [5.41, 5.74) is 0. The van der Waals surface area contributed by atoms with E-state index in [1.807, 2.05) is 0 Å². The van der Waals surface area contributed by atoms with E-state index in [4.69, 9.17) is 0 Å². The molecular formula is C35H69N2+. The number of nitrogens with zero attached hydrogens (tertiary/aromatic N) is 1. The number of aromatic amines is 1. The van der Waals surface area contributed by atoms with Gasteiger partial charge < -0.3 is 0 Å². The Labute approximate surface area is 234 Å². The summed E-state index contributed by atoms with van der Waals surface area (Å²) in [6, 6.07) is 0.622. The number of imidazole rings is 1. The van der Waals surface area contributed by atoms with Gasteiger partial charge in [-0.2, -0.15) is 0 Å². The summed E-state index contributed by atoms with van der Waals surface area (Å²) in [5, 5.41) is 0. The van der Waals surface area contributed by atoms with E-state index in [9.17, 15) is 0 Å². The molecule has 218 valence electrons. The highest BCUT2D eigenvalue weighted by molar-refractivity contribution is 4.90. The molecular weight excluding hydrogens is 448 g/mol. The van der Waals surface area contributed by atoms with E-state index >= 15 is 0 Å². The fourth-order valence-electron chi connectivity index (χ4n) is 6.14.